The second-order valence-corrected chi connectivity index (χ2v) is 9.05. The predicted molar refractivity (Wildman–Crippen MR) is 144 cm³/mol. The van der Waals surface area contributed by atoms with Crippen molar-refractivity contribution in [2.75, 3.05) is 64.5 Å². The summed E-state index contributed by atoms with van der Waals surface area (Å²) < 4.78 is 25.7. The van der Waals surface area contributed by atoms with Crippen LogP contribution in [0.15, 0.2) is 36.4 Å². The quantitative estimate of drug-likeness (QED) is 0.227. The highest BCUT2D eigenvalue weighted by molar-refractivity contribution is 5.94. The Morgan fingerprint density at radius 2 is 1.54 bits per heavy atom. The Kier molecular flexibility index (Phi) is 11.7. The van der Waals surface area contributed by atoms with Crippen LogP contribution in [-0.2, 0) is 33.3 Å². The first-order valence-electron chi connectivity index (χ1n) is 12.7. The molecule has 1 aliphatic rings. The molecule has 11 heteroatoms. The number of anilines is 2. The Hall–Kier alpha value is -3.51. The summed E-state index contributed by atoms with van der Waals surface area (Å²) in [7, 11) is 2.85. The van der Waals surface area contributed by atoms with E-state index in [1.54, 1.807) is 26.2 Å². The fraction of sp³-hybridized carbons (Fsp3) is 0.464. The summed E-state index contributed by atoms with van der Waals surface area (Å²) in [5, 5.41) is 14.7. The van der Waals surface area contributed by atoms with Crippen molar-refractivity contribution >= 4 is 29.3 Å². The highest BCUT2D eigenvalue weighted by Crippen LogP contribution is 2.46. The first kappa shape index (κ1) is 30.0. The molecule has 0 aromatic heterocycles. The van der Waals surface area contributed by atoms with Crippen molar-refractivity contribution in [1.29, 1.82) is 0 Å². The van der Waals surface area contributed by atoms with Gasteiger partial charge in [0.1, 0.15) is 19.8 Å². The molecule has 2 aromatic carbocycles. The predicted octanol–water partition coefficient (Wildman–Crippen LogP) is 3.30. The van der Waals surface area contributed by atoms with Gasteiger partial charge in [-0.15, -0.1) is 0 Å². The van der Waals surface area contributed by atoms with Crippen molar-refractivity contribution < 1.29 is 43.2 Å². The molecule has 2 amide bonds. The van der Waals surface area contributed by atoms with Crippen LogP contribution in [0.25, 0.3) is 11.1 Å². The molecule has 0 aliphatic heterocycles. The van der Waals surface area contributed by atoms with Crippen LogP contribution in [-0.4, -0.2) is 83.0 Å². The highest BCUT2D eigenvalue weighted by atomic mass is 16.7. The number of carbonyl (C=O) groups is 3. The second kappa shape index (κ2) is 15.2. The fourth-order valence-corrected chi connectivity index (χ4v) is 4.25. The first-order chi connectivity index (χ1) is 18.9. The van der Waals surface area contributed by atoms with Gasteiger partial charge < -0.3 is 39.4 Å². The van der Waals surface area contributed by atoms with Crippen LogP contribution >= 0.6 is 0 Å². The number of aliphatic hydroxyl groups excluding tert-OH is 1. The first-order valence-corrected chi connectivity index (χ1v) is 12.7. The van der Waals surface area contributed by atoms with Gasteiger partial charge in [0.25, 0.3) is 0 Å². The van der Waals surface area contributed by atoms with E-state index in [1.165, 1.54) is 7.11 Å². The number of benzene rings is 2. The van der Waals surface area contributed by atoms with Crippen molar-refractivity contribution in [3.8, 4) is 11.1 Å². The highest BCUT2D eigenvalue weighted by Gasteiger charge is 2.31. The van der Waals surface area contributed by atoms with E-state index in [1.807, 2.05) is 24.3 Å². The Bertz CT molecular complexity index is 1140. The molecule has 2 atom stereocenters. The van der Waals surface area contributed by atoms with Crippen molar-refractivity contribution in [2.24, 2.45) is 0 Å². The van der Waals surface area contributed by atoms with Crippen molar-refractivity contribution in [2.45, 2.75) is 31.8 Å². The van der Waals surface area contributed by atoms with Gasteiger partial charge in [-0.1, -0.05) is 12.1 Å². The normalized spacial score (nSPS) is 14.2. The zero-order valence-corrected chi connectivity index (χ0v) is 22.5. The Morgan fingerprint density at radius 3 is 2.10 bits per heavy atom. The van der Waals surface area contributed by atoms with Crippen LogP contribution in [0.4, 0.5) is 16.2 Å². The van der Waals surface area contributed by atoms with E-state index < -0.39 is 6.16 Å². The molecular weight excluding hydrogens is 508 g/mol. The van der Waals surface area contributed by atoms with Gasteiger partial charge in [-0.2, -0.15) is 0 Å². The number of amides is 2. The number of nitrogens with one attached hydrogen (secondary N) is 2. The molecule has 0 radical (unpaired) electrons. The SMILES string of the molecule is COCCCOCC(=O)Nc1ccc2c(c1)C(COC(=O)OC)c1cc(NC(=O)COC(C)CCO)ccc1-2. The van der Waals surface area contributed by atoms with E-state index in [-0.39, 0.29) is 50.3 Å². The fourth-order valence-electron chi connectivity index (χ4n) is 4.25. The third-order valence-electron chi connectivity index (χ3n) is 6.15. The van der Waals surface area contributed by atoms with Gasteiger partial charge >= 0.3 is 6.16 Å². The Balaban J connectivity index is 1.74. The van der Waals surface area contributed by atoms with Crippen molar-refractivity contribution in [1.82, 2.24) is 0 Å². The number of fused-ring (bicyclic) bond motifs is 3. The molecule has 0 spiro atoms. The van der Waals surface area contributed by atoms with Crippen LogP contribution in [0.2, 0.25) is 0 Å². The van der Waals surface area contributed by atoms with Gasteiger partial charge in [0, 0.05) is 44.2 Å². The molecule has 0 heterocycles. The summed E-state index contributed by atoms with van der Waals surface area (Å²) in [4.78, 5) is 36.5. The number of methoxy groups -OCH3 is 2. The smallest absolute Gasteiger partial charge is 0.438 e. The lowest BCUT2D eigenvalue weighted by Crippen LogP contribution is -2.22. The molecular formula is C28H36N2O9. The van der Waals surface area contributed by atoms with E-state index in [0.29, 0.717) is 37.4 Å². The summed E-state index contributed by atoms with van der Waals surface area (Å²) in [6.07, 6.45) is 0.0858. The number of hydrogen-bond donors (Lipinski definition) is 3. The molecule has 3 rings (SSSR count). The van der Waals surface area contributed by atoms with Crippen LogP contribution in [0.5, 0.6) is 0 Å². The summed E-state index contributed by atoms with van der Waals surface area (Å²) in [6, 6.07) is 11.1. The van der Waals surface area contributed by atoms with E-state index in [0.717, 1.165) is 22.3 Å². The van der Waals surface area contributed by atoms with Crippen LogP contribution < -0.4 is 10.6 Å². The molecule has 2 unspecified atom stereocenters. The summed E-state index contributed by atoms with van der Waals surface area (Å²) in [5.74, 6) is -0.966. The van der Waals surface area contributed by atoms with Gasteiger partial charge in [-0.05, 0) is 66.3 Å². The zero-order chi connectivity index (χ0) is 28.2. The van der Waals surface area contributed by atoms with Gasteiger partial charge in [-0.25, -0.2) is 4.79 Å². The molecule has 0 fully saturated rings. The number of hydrogen-bond acceptors (Lipinski definition) is 9. The maximum atomic E-state index is 12.4. The molecule has 0 bridgehead atoms. The monoisotopic (exact) mass is 544 g/mol. The number of ether oxygens (including phenoxy) is 5. The molecule has 3 N–H and O–H groups in total. The van der Waals surface area contributed by atoms with Gasteiger partial charge in [0.05, 0.1) is 13.2 Å². The van der Waals surface area contributed by atoms with Crippen molar-refractivity contribution in [3.63, 3.8) is 0 Å². The van der Waals surface area contributed by atoms with Gasteiger partial charge in [0.15, 0.2) is 0 Å². The van der Waals surface area contributed by atoms with Crippen LogP contribution in [0.3, 0.4) is 0 Å². The third kappa shape index (κ3) is 8.75. The van der Waals surface area contributed by atoms with E-state index >= 15 is 0 Å². The number of carbonyl (C=O) groups excluding carboxylic acids is 3. The average Bonchev–Trinajstić information content (AvgIpc) is 3.22. The van der Waals surface area contributed by atoms with Gasteiger partial charge in [-0.3, -0.25) is 9.59 Å². The summed E-state index contributed by atoms with van der Waals surface area (Å²) >= 11 is 0. The lowest BCUT2D eigenvalue weighted by molar-refractivity contribution is -0.122. The number of rotatable bonds is 15. The third-order valence-corrected chi connectivity index (χ3v) is 6.15. The minimum Gasteiger partial charge on any atom is -0.438 e. The molecule has 1 aliphatic carbocycles. The Morgan fingerprint density at radius 1 is 0.923 bits per heavy atom. The van der Waals surface area contributed by atoms with Crippen molar-refractivity contribution in [3.05, 3.63) is 47.5 Å². The molecule has 0 saturated carbocycles. The molecule has 2 aromatic rings. The van der Waals surface area contributed by atoms with Crippen LogP contribution in [0, 0.1) is 0 Å². The summed E-state index contributed by atoms with van der Waals surface area (Å²) in [5.41, 5.74) is 4.71. The number of aliphatic hydroxyl groups is 1. The minimum absolute atomic E-state index is 0.00582. The topological polar surface area (TPSA) is 142 Å². The second-order valence-electron chi connectivity index (χ2n) is 9.05. The molecule has 212 valence electrons. The average molecular weight is 545 g/mol. The summed E-state index contributed by atoms with van der Waals surface area (Å²) in [6.45, 7) is 2.53. The molecule has 0 saturated heterocycles. The minimum atomic E-state index is -0.807. The maximum Gasteiger partial charge on any atom is 0.508 e. The van der Waals surface area contributed by atoms with Crippen LogP contribution in [0.1, 0.15) is 36.8 Å². The molecule has 11 nitrogen and oxygen atoms in total. The molecule has 39 heavy (non-hydrogen) atoms. The lowest BCUT2D eigenvalue weighted by atomic mass is 9.97. The zero-order valence-electron chi connectivity index (χ0n) is 22.5. The lowest BCUT2D eigenvalue weighted by Gasteiger charge is -2.16. The van der Waals surface area contributed by atoms with E-state index in [9.17, 15) is 14.4 Å². The van der Waals surface area contributed by atoms with E-state index in [2.05, 4.69) is 15.4 Å². The maximum absolute atomic E-state index is 12.4. The largest absolute Gasteiger partial charge is 0.508 e. The standard InChI is InChI=1S/C28H36N2O9/c1-18(9-10-31)38-17-27(33)30-20-6-8-22-21-7-5-19(29-26(32)16-37-12-4-11-35-2)13-23(21)25(24(22)14-20)15-39-28(34)36-3/h5-8,13-14,18,25,31H,4,9-12,15-17H2,1-3H3,(H,29,32)(H,30,33). The van der Waals surface area contributed by atoms with Gasteiger partial charge in [0.2, 0.25) is 11.8 Å². The van der Waals surface area contributed by atoms with E-state index in [4.69, 9.17) is 24.1 Å². The Labute approximate surface area is 227 Å².